The minimum Gasteiger partial charge on any atom is -0.484 e. The second-order valence-corrected chi connectivity index (χ2v) is 5.99. The van der Waals surface area contributed by atoms with E-state index in [1.165, 1.54) is 0 Å². The van der Waals surface area contributed by atoms with E-state index in [9.17, 15) is 0 Å². The summed E-state index contributed by atoms with van der Waals surface area (Å²) in [4.78, 5) is 0. The second kappa shape index (κ2) is 7.37. The smallest absolute Gasteiger partial charge is 0.139 e. The van der Waals surface area contributed by atoms with E-state index >= 15 is 0 Å². The van der Waals surface area contributed by atoms with E-state index in [2.05, 4.69) is 0 Å². The average Bonchev–Trinajstić information content (AvgIpc) is 2.47. The summed E-state index contributed by atoms with van der Waals surface area (Å²) in [5, 5.41) is 1.59. The Morgan fingerprint density at radius 1 is 1.05 bits per heavy atom. The fourth-order valence-electron chi connectivity index (χ4n) is 2.00. The fraction of sp³-hybridized carbons (Fsp3) is 0.250. The Balaban J connectivity index is 2.30. The lowest BCUT2D eigenvalue weighted by Gasteiger charge is -2.25. The van der Waals surface area contributed by atoms with Gasteiger partial charge in [-0.25, -0.2) is 0 Å². The van der Waals surface area contributed by atoms with Gasteiger partial charge in [-0.3, -0.25) is 0 Å². The molecule has 0 aliphatic rings. The third-order valence-corrected chi connectivity index (χ3v) is 4.17. The Morgan fingerprint density at radius 2 is 1.81 bits per heavy atom. The molecule has 2 unspecified atom stereocenters. The lowest BCUT2D eigenvalue weighted by Crippen LogP contribution is -2.31. The maximum Gasteiger partial charge on any atom is 0.139 e. The normalized spacial score (nSPS) is 13.8. The van der Waals surface area contributed by atoms with Crippen LogP contribution in [0.25, 0.3) is 0 Å². The van der Waals surface area contributed by atoms with Crippen molar-refractivity contribution < 1.29 is 4.74 Å². The van der Waals surface area contributed by atoms with Crippen molar-refractivity contribution in [1.82, 2.24) is 0 Å². The van der Waals surface area contributed by atoms with Gasteiger partial charge in [-0.1, -0.05) is 53.9 Å². The van der Waals surface area contributed by atoms with Crippen LogP contribution in [0.4, 0.5) is 0 Å². The summed E-state index contributed by atoms with van der Waals surface area (Å²) in [6.07, 6.45) is 0.476. The maximum atomic E-state index is 6.19. The molecule has 0 spiro atoms. The number of ether oxygens (including phenoxy) is 1. The molecule has 5 heteroatoms. The number of halogens is 3. The van der Waals surface area contributed by atoms with Crippen LogP contribution in [0.2, 0.25) is 15.1 Å². The zero-order valence-electron chi connectivity index (χ0n) is 11.5. The van der Waals surface area contributed by atoms with Crippen molar-refractivity contribution in [3.63, 3.8) is 0 Å². The van der Waals surface area contributed by atoms with E-state index in [1.54, 1.807) is 18.2 Å². The molecule has 0 amide bonds. The molecule has 0 bridgehead atoms. The van der Waals surface area contributed by atoms with Gasteiger partial charge in [0.15, 0.2) is 0 Å². The molecule has 112 valence electrons. The number of benzene rings is 2. The molecule has 0 aliphatic heterocycles. The van der Waals surface area contributed by atoms with Crippen molar-refractivity contribution in [1.29, 1.82) is 0 Å². The predicted octanol–water partition coefficient (Wildman–Crippen LogP) is 5.50. The van der Waals surface area contributed by atoms with Gasteiger partial charge in [0.1, 0.15) is 11.9 Å². The first-order chi connectivity index (χ1) is 10.0. The third kappa shape index (κ3) is 4.27. The van der Waals surface area contributed by atoms with Gasteiger partial charge in [-0.15, -0.1) is 0 Å². The SMILES string of the molecule is CCC(N)C(Oc1ccc(Cl)c(Cl)c1)c1cccc(Cl)c1. The van der Waals surface area contributed by atoms with Crippen LogP contribution in [-0.2, 0) is 0 Å². The molecule has 2 atom stereocenters. The minimum absolute atomic E-state index is 0.155. The van der Waals surface area contributed by atoms with Gasteiger partial charge >= 0.3 is 0 Å². The zero-order valence-corrected chi connectivity index (χ0v) is 13.8. The summed E-state index contributed by atoms with van der Waals surface area (Å²) in [5.41, 5.74) is 7.12. The summed E-state index contributed by atoms with van der Waals surface area (Å²) in [7, 11) is 0. The highest BCUT2D eigenvalue weighted by Crippen LogP contribution is 2.31. The summed E-state index contributed by atoms with van der Waals surface area (Å²) >= 11 is 18.0. The standard InChI is InChI=1S/C16H16Cl3NO/c1-2-15(20)16(10-4-3-5-11(17)8-10)21-12-6-7-13(18)14(19)9-12/h3-9,15-16H,2,20H2,1H3. The first kappa shape index (κ1) is 16.4. The topological polar surface area (TPSA) is 35.2 Å². The molecule has 0 heterocycles. The van der Waals surface area contributed by atoms with E-state index in [1.807, 2.05) is 31.2 Å². The molecular formula is C16H16Cl3NO. The highest BCUT2D eigenvalue weighted by Gasteiger charge is 2.21. The van der Waals surface area contributed by atoms with Gasteiger partial charge in [0.05, 0.1) is 10.0 Å². The minimum atomic E-state index is -0.300. The van der Waals surface area contributed by atoms with Crippen LogP contribution in [0.1, 0.15) is 25.0 Å². The molecule has 2 nitrogen and oxygen atoms in total. The molecule has 0 saturated carbocycles. The van der Waals surface area contributed by atoms with Crippen LogP contribution < -0.4 is 10.5 Å². The van der Waals surface area contributed by atoms with Gasteiger partial charge in [0, 0.05) is 17.1 Å². The summed E-state index contributed by atoms with van der Waals surface area (Å²) < 4.78 is 6.02. The highest BCUT2D eigenvalue weighted by molar-refractivity contribution is 6.42. The summed E-state index contributed by atoms with van der Waals surface area (Å²) in [6.45, 7) is 2.01. The number of hydrogen-bond donors (Lipinski definition) is 1. The van der Waals surface area contributed by atoms with Gasteiger partial charge in [-0.2, -0.15) is 0 Å². The number of hydrogen-bond acceptors (Lipinski definition) is 2. The van der Waals surface area contributed by atoms with Crippen molar-refractivity contribution in [3.05, 3.63) is 63.1 Å². The number of rotatable bonds is 5. The Morgan fingerprint density at radius 3 is 2.43 bits per heavy atom. The highest BCUT2D eigenvalue weighted by atomic mass is 35.5. The molecule has 2 aromatic rings. The molecule has 2 rings (SSSR count). The van der Waals surface area contributed by atoms with Gasteiger partial charge in [-0.05, 0) is 36.2 Å². The molecule has 0 aromatic heterocycles. The van der Waals surface area contributed by atoms with E-state index in [0.717, 1.165) is 12.0 Å². The van der Waals surface area contributed by atoms with Crippen LogP contribution in [0.3, 0.4) is 0 Å². The lowest BCUT2D eigenvalue weighted by atomic mass is 10.0. The van der Waals surface area contributed by atoms with E-state index < -0.39 is 0 Å². The van der Waals surface area contributed by atoms with E-state index in [-0.39, 0.29) is 12.1 Å². The maximum absolute atomic E-state index is 6.19. The van der Waals surface area contributed by atoms with Crippen LogP contribution in [0, 0.1) is 0 Å². The lowest BCUT2D eigenvalue weighted by molar-refractivity contribution is 0.171. The molecule has 0 saturated heterocycles. The van der Waals surface area contributed by atoms with Crippen LogP contribution in [0.15, 0.2) is 42.5 Å². The van der Waals surface area contributed by atoms with Gasteiger partial charge in [0.2, 0.25) is 0 Å². The van der Waals surface area contributed by atoms with Gasteiger partial charge < -0.3 is 10.5 Å². The Bertz CT molecular complexity index is 618. The first-order valence-electron chi connectivity index (χ1n) is 6.64. The molecule has 2 N–H and O–H groups in total. The molecule has 21 heavy (non-hydrogen) atoms. The predicted molar refractivity (Wildman–Crippen MR) is 89.5 cm³/mol. The Labute approximate surface area is 139 Å². The Hall–Kier alpha value is -0.930. The average molecular weight is 345 g/mol. The quantitative estimate of drug-likeness (QED) is 0.776. The first-order valence-corrected chi connectivity index (χ1v) is 7.77. The molecule has 2 aromatic carbocycles. The molecular weight excluding hydrogens is 329 g/mol. The molecule has 0 fully saturated rings. The molecule has 0 aliphatic carbocycles. The van der Waals surface area contributed by atoms with Crippen molar-refractivity contribution >= 4 is 34.8 Å². The number of nitrogens with two attached hydrogens (primary N) is 1. The van der Waals surface area contributed by atoms with E-state index in [4.69, 9.17) is 45.3 Å². The Kier molecular flexibility index (Phi) is 5.77. The summed E-state index contributed by atoms with van der Waals surface area (Å²) in [5.74, 6) is 0.623. The van der Waals surface area contributed by atoms with Crippen molar-refractivity contribution in [2.24, 2.45) is 5.73 Å². The van der Waals surface area contributed by atoms with Crippen molar-refractivity contribution in [2.45, 2.75) is 25.5 Å². The van der Waals surface area contributed by atoms with Crippen LogP contribution >= 0.6 is 34.8 Å². The van der Waals surface area contributed by atoms with Crippen LogP contribution in [-0.4, -0.2) is 6.04 Å². The van der Waals surface area contributed by atoms with Crippen LogP contribution in [0.5, 0.6) is 5.75 Å². The van der Waals surface area contributed by atoms with Crippen molar-refractivity contribution in [3.8, 4) is 5.75 Å². The largest absolute Gasteiger partial charge is 0.484 e. The third-order valence-electron chi connectivity index (χ3n) is 3.19. The van der Waals surface area contributed by atoms with E-state index in [0.29, 0.717) is 20.8 Å². The van der Waals surface area contributed by atoms with Gasteiger partial charge in [0.25, 0.3) is 0 Å². The van der Waals surface area contributed by atoms with Crippen molar-refractivity contribution in [2.75, 3.05) is 0 Å². The molecule has 0 radical (unpaired) electrons. The fourth-order valence-corrected chi connectivity index (χ4v) is 2.48. The second-order valence-electron chi connectivity index (χ2n) is 4.74. The zero-order chi connectivity index (χ0) is 15.4. The summed E-state index contributed by atoms with van der Waals surface area (Å²) in [6, 6.07) is 12.5. The monoisotopic (exact) mass is 343 g/mol.